The minimum Gasteiger partial charge on any atom is -0.465 e. The van der Waals surface area contributed by atoms with Crippen molar-refractivity contribution in [1.82, 2.24) is 0 Å². The van der Waals surface area contributed by atoms with E-state index in [9.17, 15) is 4.79 Å². The molecule has 7 unspecified atom stereocenters. The molecule has 0 aliphatic heterocycles. The summed E-state index contributed by atoms with van der Waals surface area (Å²) in [5.74, 6) is 5.56. The maximum absolute atomic E-state index is 12.3. The number of hydrogen-bond acceptors (Lipinski definition) is 2. The number of ether oxygens (including phenoxy) is 1. The fourth-order valence-electron chi connectivity index (χ4n) is 5.64. The Morgan fingerprint density at radius 1 is 1.16 bits per heavy atom. The van der Waals surface area contributed by atoms with Gasteiger partial charge in [0.05, 0.1) is 12.5 Å². The topological polar surface area (TPSA) is 26.3 Å². The Bertz CT molecular complexity index is 425. The third-order valence-corrected chi connectivity index (χ3v) is 6.13. The maximum Gasteiger partial charge on any atom is 0.309 e. The second-order valence-corrected chi connectivity index (χ2v) is 7.63. The highest BCUT2D eigenvalue weighted by atomic mass is 16.5. The van der Waals surface area contributed by atoms with Crippen LogP contribution in [0.5, 0.6) is 0 Å². The van der Waals surface area contributed by atoms with Gasteiger partial charge >= 0.3 is 5.97 Å². The van der Waals surface area contributed by atoms with Crippen LogP contribution in [0.15, 0.2) is 12.2 Å². The molecule has 4 bridgehead atoms. The minimum atomic E-state index is 0.103. The third kappa shape index (κ3) is 1.64. The van der Waals surface area contributed by atoms with Crippen LogP contribution in [-0.4, -0.2) is 12.6 Å². The number of allylic oxidation sites excluding steroid dienone is 2. The molecule has 0 heterocycles. The molecule has 0 saturated heterocycles. The van der Waals surface area contributed by atoms with E-state index in [1.165, 1.54) is 12.8 Å². The van der Waals surface area contributed by atoms with Crippen molar-refractivity contribution in [2.75, 3.05) is 6.61 Å². The zero-order valence-corrected chi connectivity index (χ0v) is 11.9. The molecule has 4 aliphatic rings. The molecule has 2 heteroatoms. The molecular formula is C17H24O2. The molecule has 0 aromatic rings. The van der Waals surface area contributed by atoms with E-state index >= 15 is 0 Å². The van der Waals surface area contributed by atoms with E-state index < -0.39 is 0 Å². The lowest BCUT2D eigenvalue weighted by Crippen LogP contribution is -2.35. The Balaban J connectivity index is 1.47. The second kappa shape index (κ2) is 4.10. The van der Waals surface area contributed by atoms with Gasteiger partial charge in [-0.05, 0) is 60.7 Å². The van der Waals surface area contributed by atoms with Gasteiger partial charge in [0, 0.05) is 0 Å². The van der Waals surface area contributed by atoms with E-state index in [0.717, 1.165) is 36.0 Å². The van der Waals surface area contributed by atoms with Crippen LogP contribution in [0.3, 0.4) is 0 Å². The largest absolute Gasteiger partial charge is 0.465 e. The van der Waals surface area contributed by atoms with Crippen LogP contribution in [0.2, 0.25) is 0 Å². The summed E-state index contributed by atoms with van der Waals surface area (Å²) in [6, 6.07) is 0. The highest BCUT2D eigenvalue weighted by Gasteiger charge is 2.62. The Morgan fingerprint density at radius 3 is 2.63 bits per heavy atom. The molecule has 19 heavy (non-hydrogen) atoms. The van der Waals surface area contributed by atoms with Crippen molar-refractivity contribution in [1.29, 1.82) is 0 Å². The molecule has 3 saturated carbocycles. The SMILES string of the molecule is CC(C)COC(=O)C1CC2CC1C1C3C=CC(C3)C21. The van der Waals surface area contributed by atoms with Crippen molar-refractivity contribution in [3.8, 4) is 0 Å². The molecule has 0 aromatic carbocycles. The highest BCUT2D eigenvalue weighted by molar-refractivity contribution is 5.73. The summed E-state index contributed by atoms with van der Waals surface area (Å²) in [7, 11) is 0. The number of hydrogen-bond donors (Lipinski definition) is 0. The normalized spacial score (nSPS) is 49.1. The standard InChI is InChI=1S/C17H24O2/c1-9(2)8-19-17(18)14-7-12-6-13(14)16-11-4-3-10(5-11)15(12)16/h3-4,9-16H,5-8H2,1-2H3. The Kier molecular flexibility index (Phi) is 2.59. The molecule has 0 spiro atoms. The number of carbonyl (C=O) groups excluding carboxylic acids is 1. The highest BCUT2D eigenvalue weighted by Crippen LogP contribution is 2.67. The zero-order chi connectivity index (χ0) is 13.1. The Morgan fingerprint density at radius 2 is 1.89 bits per heavy atom. The molecule has 3 fully saturated rings. The van der Waals surface area contributed by atoms with Crippen LogP contribution in [0.25, 0.3) is 0 Å². The molecule has 0 amide bonds. The lowest BCUT2D eigenvalue weighted by molar-refractivity contribution is -0.152. The van der Waals surface area contributed by atoms with Gasteiger partial charge in [0.2, 0.25) is 0 Å². The summed E-state index contributed by atoms with van der Waals surface area (Å²) < 4.78 is 5.51. The second-order valence-electron chi connectivity index (χ2n) is 7.63. The van der Waals surface area contributed by atoms with Crippen molar-refractivity contribution in [3.05, 3.63) is 12.2 Å². The molecule has 7 atom stereocenters. The fraction of sp³-hybridized carbons (Fsp3) is 0.824. The van der Waals surface area contributed by atoms with Crippen molar-refractivity contribution in [3.63, 3.8) is 0 Å². The Labute approximate surface area is 115 Å². The first-order chi connectivity index (χ1) is 9.15. The third-order valence-electron chi connectivity index (χ3n) is 6.13. The number of fused-ring (bicyclic) bond motifs is 9. The molecular weight excluding hydrogens is 236 g/mol. The Hall–Kier alpha value is -0.790. The lowest BCUT2D eigenvalue weighted by atomic mass is 9.69. The van der Waals surface area contributed by atoms with Crippen LogP contribution in [0.1, 0.15) is 33.1 Å². The molecule has 4 aliphatic carbocycles. The molecule has 2 nitrogen and oxygen atoms in total. The van der Waals surface area contributed by atoms with Gasteiger partial charge in [-0.25, -0.2) is 0 Å². The maximum atomic E-state index is 12.3. The van der Waals surface area contributed by atoms with Gasteiger partial charge < -0.3 is 4.74 Å². The van der Waals surface area contributed by atoms with E-state index in [-0.39, 0.29) is 11.9 Å². The number of esters is 1. The minimum absolute atomic E-state index is 0.103. The van der Waals surface area contributed by atoms with E-state index in [1.54, 1.807) is 0 Å². The van der Waals surface area contributed by atoms with Gasteiger partial charge in [-0.1, -0.05) is 26.0 Å². The van der Waals surface area contributed by atoms with Gasteiger partial charge in [0.25, 0.3) is 0 Å². The first kappa shape index (κ1) is 12.0. The molecule has 104 valence electrons. The predicted octanol–water partition coefficient (Wildman–Crippen LogP) is 3.28. The van der Waals surface area contributed by atoms with E-state index in [4.69, 9.17) is 4.74 Å². The lowest BCUT2D eigenvalue weighted by Gasteiger charge is -2.35. The van der Waals surface area contributed by atoms with Gasteiger partial charge in [0.1, 0.15) is 0 Å². The van der Waals surface area contributed by atoms with Crippen LogP contribution in [-0.2, 0) is 9.53 Å². The molecule has 0 radical (unpaired) electrons. The van der Waals surface area contributed by atoms with E-state index in [2.05, 4.69) is 26.0 Å². The molecule has 4 rings (SSSR count). The van der Waals surface area contributed by atoms with Gasteiger partial charge in [-0.15, -0.1) is 0 Å². The van der Waals surface area contributed by atoms with Crippen LogP contribution in [0.4, 0.5) is 0 Å². The summed E-state index contributed by atoms with van der Waals surface area (Å²) in [6.45, 7) is 4.79. The van der Waals surface area contributed by atoms with E-state index in [0.29, 0.717) is 18.4 Å². The number of carbonyl (C=O) groups is 1. The average molecular weight is 260 g/mol. The monoisotopic (exact) mass is 260 g/mol. The quantitative estimate of drug-likeness (QED) is 0.442. The first-order valence-corrected chi connectivity index (χ1v) is 8.00. The summed E-state index contributed by atoms with van der Waals surface area (Å²) in [6.07, 6.45) is 8.67. The van der Waals surface area contributed by atoms with Crippen molar-refractivity contribution < 1.29 is 9.53 Å². The van der Waals surface area contributed by atoms with Crippen LogP contribution >= 0.6 is 0 Å². The summed E-state index contributed by atoms with van der Waals surface area (Å²) in [5.41, 5.74) is 0. The summed E-state index contributed by atoms with van der Waals surface area (Å²) in [4.78, 5) is 12.3. The van der Waals surface area contributed by atoms with Gasteiger partial charge in [-0.2, -0.15) is 0 Å². The van der Waals surface area contributed by atoms with Gasteiger partial charge in [0.15, 0.2) is 0 Å². The summed E-state index contributed by atoms with van der Waals surface area (Å²) >= 11 is 0. The smallest absolute Gasteiger partial charge is 0.309 e. The summed E-state index contributed by atoms with van der Waals surface area (Å²) in [5, 5.41) is 0. The fourth-order valence-corrected chi connectivity index (χ4v) is 5.64. The average Bonchev–Trinajstić information content (AvgIpc) is 3.11. The predicted molar refractivity (Wildman–Crippen MR) is 73.2 cm³/mol. The first-order valence-electron chi connectivity index (χ1n) is 8.00. The zero-order valence-electron chi connectivity index (χ0n) is 11.9. The molecule has 0 N–H and O–H groups in total. The van der Waals surface area contributed by atoms with Gasteiger partial charge in [-0.3, -0.25) is 4.79 Å². The van der Waals surface area contributed by atoms with Crippen molar-refractivity contribution in [2.24, 2.45) is 47.3 Å². The van der Waals surface area contributed by atoms with Crippen molar-refractivity contribution >= 4 is 5.97 Å². The van der Waals surface area contributed by atoms with E-state index in [1.807, 2.05) is 0 Å². The van der Waals surface area contributed by atoms with Crippen molar-refractivity contribution in [2.45, 2.75) is 33.1 Å². The van der Waals surface area contributed by atoms with Crippen LogP contribution in [0, 0.1) is 47.3 Å². The van der Waals surface area contributed by atoms with Crippen LogP contribution < -0.4 is 0 Å². The molecule has 0 aromatic heterocycles. The number of rotatable bonds is 3.